The molecular weight excluding hydrogens is 268 g/mol. The lowest BCUT2D eigenvalue weighted by atomic mass is 9.75. The zero-order chi connectivity index (χ0) is 15.3. The van der Waals surface area contributed by atoms with E-state index in [0.717, 1.165) is 64.7 Å². The van der Waals surface area contributed by atoms with Crippen molar-refractivity contribution in [2.75, 3.05) is 26.2 Å². The first-order chi connectivity index (χ1) is 10.1. The van der Waals surface area contributed by atoms with Gasteiger partial charge in [-0.3, -0.25) is 9.59 Å². The van der Waals surface area contributed by atoms with E-state index in [9.17, 15) is 9.59 Å². The highest BCUT2D eigenvalue weighted by Gasteiger charge is 2.42. The molecule has 2 heterocycles. The van der Waals surface area contributed by atoms with Gasteiger partial charge in [0.2, 0.25) is 5.91 Å². The summed E-state index contributed by atoms with van der Waals surface area (Å²) in [6, 6.07) is 0. The van der Waals surface area contributed by atoms with Gasteiger partial charge in [-0.15, -0.1) is 0 Å². The van der Waals surface area contributed by atoms with Gasteiger partial charge in [-0.1, -0.05) is 13.3 Å². The summed E-state index contributed by atoms with van der Waals surface area (Å²) in [6.45, 7) is 5.40. The molecule has 2 N–H and O–H groups in total. The molecule has 0 aromatic rings. The number of nitrogens with one attached hydrogen (secondary N) is 1. The van der Waals surface area contributed by atoms with Crippen LogP contribution in [0.2, 0.25) is 0 Å². The molecule has 2 aliphatic rings. The van der Waals surface area contributed by atoms with Gasteiger partial charge in [-0.2, -0.15) is 0 Å². The summed E-state index contributed by atoms with van der Waals surface area (Å²) in [5.74, 6) is -0.192. The number of hydrogen-bond acceptors (Lipinski definition) is 3. The van der Waals surface area contributed by atoms with E-state index in [1.807, 2.05) is 4.90 Å². The average molecular weight is 296 g/mol. The van der Waals surface area contributed by atoms with Gasteiger partial charge in [0.05, 0.1) is 5.41 Å². The van der Waals surface area contributed by atoms with Crippen LogP contribution >= 0.6 is 0 Å². The molecular formula is C16H28N2O3. The first kappa shape index (κ1) is 16.3. The van der Waals surface area contributed by atoms with E-state index in [0.29, 0.717) is 5.91 Å². The van der Waals surface area contributed by atoms with Crippen molar-refractivity contribution < 1.29 is 14.7 Å². The largest absolute Gasteiger partial charge is 0.481 e. The summed E-state index contributed by atoms with van der Waals surface area (Å²) >= 11 is 0. The zero-order valence-corrected chi connectivity index (χ0v) is 13.1. The molecule has 0 radical (unpaired) electrons. The summed E-state index contributed by atoms with van der Waals surface area (Å²) in [6.07, 6.45) is 5.94. The average Bonchev–Trinajstić information content (AvgIpc) is 2.48. The molecule has 1 atom stereocenters. The van der Waals surface area contributed by atoms with Crippen LogP contribution in [-0.4, -0.2) is 48.1 Å². The molecule has 2 aliphatic heterocycles. The van der Waals surface area contributed by atoms with Gasteiger partial charge in [-0.25, -0.2) is 0 Å². The number of aliphatic carboxylic acids is 1. The number of hydrogen-bond donors (Lipinski definition) is 2. The summed E-state index contributed by atoms with van der Waals surface area (Å²) in [5.41, 5.74) is -0.216. The SMILES string of the molecule is CCCC1(C(=O)N2CCC(CC(=O)O)CC2)CCCNC1. The molecule has 5 heteroatoms. The lowest BCUT2D eigenvalue weighted by Gasteiger charge is -2.42. The first-order valence-corrected chi connectivity index (χ1v) is 8.29. The molecule has 2 saturated heterocycles. The third-order valence-corrected chi connectivity index (χ3v) is 5.02. The fourth-order valence-electron chi connectivity index (χ4n) is 3.87. The molecule has 5 nitrogen and oxygen atoms in total. The molecule has 0 saturated carbocycles. The van der Waals surface area contributed by atoms with Crippen molar-refractivity contribution in [1.29, 1.82) is 0 Å². The maximum atomic E-state index is 13.0. The maximum absolute atomic E-state index is 13.0. The highest BCUT2D eigenvalue weighted by molar-refractivity contribution is 5.83. The quantitative estimate of drug-likeness (QED) is 0.812. The highest BCUT2D eigenvalue weighted by Crippen LogP contribution is 2.35. The fraction of sp³-hybridized carbons (Fsp3) is 0.875. The Balaban J connectivity index is 1.94. The number of piperidine rings is 2. The van der Waals surface area contributed by atoms with Crippen LogP contribution in [0, 0.1) is 11.3 Å². The number of carbonyl (C=O) groups is 2. The molecule has 21 heavy (non-hydrogen) atoms. The Kier molecular flexibility index (Phi) is 5.62. The summed E-state index contributed by atoms with van der Waals surface area (Å²) < 4.78 is 0. The van der Waals surface area contributed by atoms with Crippen molar-refractivity contribution >= 4 is 11.9 Å². The smallest absolute Gasteiger partial charge is 0.303 e. The van der Waals surface area contributed by atoms with Gasteiger partial charge in [0, 0.05) is 26.1 Å². The number of likely N-dealkylation sites (tertiary alicyclic amines) is 1. The third kappa shape index (κ3) is 3.96. The molecule has 0 bridgehead atoms. The lowest BCUT2D eigenvalue weighted by molar-refractivity contribution is -0.145. The van der Waals surface area contributed by atoms with Crippen LogP contribution in [0.5, 0.6) is 0 Å². The second-order valence-electron chi connectivity index (χ2n) is 6.64. The minimum Gasteiger partial charge on any atom is -0.481 e. The van der Waals surface area contributed by atoms with Crippen molar-refractivity contribution in [1.82, 2.24) is 10.2 Å². The van der Waals surface area contributed by atoms with E-state index in [4.69, 9.17) is 5.11 Å². The number of nitrogens with zero attached hydrogens (tertiary/aromatic N) is 1. The standard InChI is InChI=1S/C16H28N2O3/c1-2-6-16(7-3-8-17-12-16)15(21)18-9-4-13(5-10-18)11-14(19)20/h13,17H,2-12H2,1H3,(H,19,20). The monoisotopic (exact) mass is 296 g/mol. The van der Waals surface area contributed by atoms with Crippen LogP contribution in [-0.2, 0) is 9.59 Å². The molecule has 120 valence electrons. The van der Waals surface area contributed by atoms with Crippen LogP contribution < -0.4 is 5.32 Å². The second kappa shape index (κ2) is 7.25. The van der Waals surface area contributed by atoms with Crippen molar-refractivity contribution in [3.63, 3.8) is 0 Å². The van der Waals surface area contributed by atoms with Gasteiger partial charge in [-0.05, 0) is 44.6 Å². The first-order valence-electron chi connectivity index (χ1n) is 8.29. The molecule has 0 aromatic heterocycles. The number of carboxylic acid groups (broad SMARTS) is 1. The van der Waals surface area contributed by atoms with E-state index in [1.165, 1.54) is 0 Å². The van der Waals surface area contributed by atoms with Gasteiger partial charge in [0.15, 0.2) is 0 Å². The molecule has 1 amide bonds. The highest BCUT2D eigenvalue weighted by atomic mass is 16.4. The summed E-state index contributed by atoms with van der Waals surface area (Å²) in [5, 5.41) is 12.3. The Labute approximate surface area is 127 Å². The molecule has 0 spiro atoms. The minimum atomic E-state index is -0.723. The minimum absolute atomic E-state index is 0.216. The fourth-order valence-corrected chi connectivity index (χ4v) is 3.87. The van der Waals surface area contributed by atoms with Crippen molar-refractivity contribution in [3.8, 4) is 0 Å². The lowest BCUT2D eigenvalue weighted by Crippen LogP contribution is -2.53. The number of amides is 1. The van der Waals surface area contributed by atoms with E-state index in [1.54, 1.807) is 0 Å². The van der Waals surface area contributed by atoms with Crippen LogP contribution in [0.1, 0.15) is 51.9 Å². The Morgan fingerprint density at radius 2 is 2.05 bits per heavy atom. The Morgan fingerprint density at radius 1 is 1.33 bits per heavy atom. The normalized spacial score (nSPS) is 27.6. The summed E-state index contributed by atoms with van der Waals surface area (Å²) in [7, 11) is 0. The van der Waals surface area contributed by atoms with E-state index in [-0.39, 0.29) is 17.8 Å². The van der Waals surface area contributed by atoms with Crippen LogP contribution in [0.15, 0.2) is 0 Å². The predicted octanol–water partition coefficient (Wildman–Crippen LogP) is 1.87. The molecule has 0 aromatic carbocycles. The number of carboxylic acids is 1. The van der Waals surface area contributed by atoms with Crippen LogP contribution in [0.3, 0.4) is 0 Å². The Bertz CT molecular complexity index is 364. The van der Waals surface area contributed by atoms with Crippen molar-refractivity contribution in [2.24, 2.45) is 11.3 Å². The molecule has 2 fully saturated rings. The zero-order valence-electron chi connectivity index (χ0n) is 13.1. The van der Waals surface area contributed by atoms with Gasteiger partial charge in [0.1, 0.15) is 0 Å². The Morgan fingerprint density at radius 3 is 2.57 bits per heavy atom. The van der Waals surface area contributed by atoms with Gasteiger partial charge >= 0.3 is 5.97 Å². The van der Waals surface area contributed by atoms with Gasteiger partial charge in [0.25, 0.3) is 0 Å². The van der Waals surface area contributed by atoms with Crippen molar-refractivity contribution in [3.05, 3.63) is 0 Å². The Hall–Kier alpha value is -1.10. The predicted molar refractivity (Wildman–Crippen MR) is 81.0 cm³/mol. The topological polar surface area (TPSA) is 69.6 Å². The number of carbonyl (C=O) groups excluding carboxylic acids is 1. The van der Waals surface area contributed by atoms with Crippen LogP contribution in [0.25, 0.3) is 0 Å². The maximum Gasteiger partial charge on any atom is 0.303 e. The third-order valence-electron chi connectivity index (χ3n) is 5.02. The van der Waals surface area contributed by atoms with Crippen LogP contribution in [0.4, 0.5) is 0 Å². The van der Waals surface area contributed by atoms with E-state index < -0.39 is 5.97 Å². The van der Waals surface area contributed by atoms with E-state index >= 15 is 0 Å². The van der Waals surface area contributed by atoms with E-state index in [2.05, 4.69) is 12.2 Å². The summed E-state index contributed by atoms with van der Waals surface area (Å²) in [4.78, 5) is 25.7. The molecule has 2 rings (SSSR count). The number of rotatable bonds is 5. The van der Waals surface area contributed by atoms with Gasteiger partial charge < -0.3 is 15.3 Å². The second-order valence-corrected chi connectivity index (χ2v) is 6.64. The molecule has 0 aliphatic carbocycles. The molecule has 1 unspecified atom stereocenters. The van der Waals surface area contributed by atoms with Crippen molar-refractivity contribution in [2.45, 2.75) is 51.9 Å².